The molecule has 0 aliphatic carbocycles. The van der Waals surface area contributed by atoms with E-state index in [1.165, 1.54) is 79.8 Å². The van der Waals surface area contributed by atoms with Gasteiger partial charge in [0.2, 0.25) is 0 Å². The smallest absolute Gasteiger partial charge is 0.0417 e. The van der Waals surface area contributed by atoms with Gasteiger partial charge in [0.25, 0.3) is 0 Å². The van der Waals surface area contributed by atoms with E-state index in [0.717, 1.165) is 0 Å². The molecule has 2 aromatic carbocycles. The molecule has 0 bridgehead atoms. The molecule has 2 rings (SSSR count). The lowest BCUT2D eigenvalue weighted by atomic mass is 10.0. The van der Waals surface area contributed by atoms with Crippen LogP contribution in [-0.4, -0.2) is 7.05 Å². The van der Waals surface area contributed by atoms with Gasteiger partial charge in [0.1, 0.15) is 0 Å². The first-order chi connectivity index (χ1) is 10.8. The lowest BCUT2D eigenvalue weighted by molar-refractivity contribution is 0.575. The third kappa shape index (κ3) is 5.05. The Labute approximate surface area is 136 Å². The van der Waals surface area contributed by atoms with Crippen LogP contribution in [0.15, 0.2) is 36.4 Å². The van der Waals surface area contributed by atoms with Crippen LogP contribution in [0.4, 0.5) is 5.69 Å². The molecule has 0 spiro atoms. The van der Waals surface area contributed by atoms with Crippen LogP contribution in [0.3, 0.4) is 0 Å². The number of rotatable bonds is 10. The highest BCUT2D eigenvalue weighted by Crippen LogP contribution is 2.24. The molecule has 120 valence electrons. The molecular formula is C21H31N. The van der Waals surface area contributed by atoms with Crippen molar-refractivity contribution in [1.82, 2.24) is 0 Å². The largest absolute Gasteiger partial charge is 0.388 e. The average molecular weight is 297 g/mol. The summed E-state index contributed by atoms with van der Waals surface area (Å²) in [7, 11) is 1.99. The van der Waals surface area contributed by atoms with Gasteiger partial charge in [0, 0.05) is 18.1 Å². The van der Waals surface area contributed by atoms with E-state index in [9.17, 15) is 0 Å². The van der Waals surface area contributed by atoms with Crippen molar-refractivity contribution < 1.29 is 0 Å². The molecule has 0 fully saturated rings. The summed E-state index contributed by atoms with van der Waals surface area (Å²) in [6.07, 6.45) is 12.3. The average Bonchev–Trinajstić information content (AvgIpc) is 2.56. The summed E-state index contributed by atoms with van der Waals surface area (Å²) in [4.78, 5) is 0. The first-order valence-electron chi connectivity index (χ1n) is 9.04. The highest BCUT2D eigenvalue weighted by atomic mass is 14.8. The molecule has 0 aliphatic rings. The fourth-order valence-corrected chi connectivity index (χ4v) is 3.17. The Balaban J connectivity index is 1.75. The minimum atomic E-state index is 1.22. The Hall–Kier alpha value is -1.50. The van der Waals surface area contributed by atoms with E-state index < -0.39 is 0 Å². The van der Waals surface area contributed by atoms with E-state index in [1.807, 2.05) is 7.05 Å². The number of nitrogens with one attached hydrogen (secondary N) is 1. The number of hydrogen-bond donors (Lipinski definition) is 1. The molecule has 0 saturated carbocycles. The molecule has 1 N–H and O–H groups in total. The second-order valence-electron chi connectivity index (χ2n) is 6.34. The summed E-state index contributed by atoms with van der Waals surface area (Å²) >= 11 is 0. The molecule has 1 heteroatoms. The first kappa shape index (κ1) is 16.9. The highest BCUT2D eigenvalue weighted by Gasteiger charge is 2.01. The molecule has 0 unspecified atom stereocenters. The predicted octanol–water partition coefficient (Wildman–Crippen LogP) is 6.56. The molecule has 0 heterocycles. The summed E-state index contributed by atoms with van der Waals surface area (Å²) in [5.41, 5.74) is 2.70. The van der Waals surface area contributed by atoms with Crippen molar-refractivity contribution >= 4 is 16.5 Å². The third-order valence-electron chi connectivity index (χ3n) is 4.53. The Bertz CT molecular complexity index is 559. The standard InChI is InChI=1S/C21H31N/c1-3-4-5-6-7-8-9-10-12-18-15-16-20-19(17-18)13-11-14-21(20)22-2/h11,13-17,22H,3-10,12H2,1-2H3. The predicted molar refractivity (Wildman–Crippen MR) is 99.8 cm³/mol. The number of benzene rings is 2. The molecule has 22 heavy (non-hydrogen) atoms. The maximum atomic E-state index is 3.27. The van der Waals surface area contributed by atoms with E-state index in [1.54, 1.807) is 0 Å². The van der Waals surface area contributed by atoms with Crippen LogP contribution < -0.4 is 5.32 Å². The monoisotopic (exact) mass is 297 g/mol. The van der Waals surface area contributed by atoms with E-state index in [0.29, 0.717) is 0 Å². The molecule has 0 atom stereocenters. The molecule has 0 amide bonds. The first-order valence-corrected chi connectivity index (χ1v) is 9.04. The van der Waals surface area contributed by atoms with Crippen molar-refractivity contribution in [2.75, 3.05) is 12.4 Å². The molecule has 2 aromatic rings. The Morgan fingerprint density at radius 2 is 1.55 bits per heavy atom. The van der Waals surface area contributed by atoms with Crippen LogP contribution in [0.5, 0.6) is 0 Å². The maximum Gasteiger partial charge on any atom is 0.0417 e. The van der Waals surface area contributed by atoms with Gasteiger partial charge in [0.05, 0.1) is 0 Å². The number of aryl methyl sites for hydroxylation is 1. The summed E-state index contributed by atoms with van der Waals surface area (Å²) in [5, 5.41) is 5.94. The Morgan fingerprint density at radius 3 is 2.27 bits per heavy atom. The van der Waals surface area contributed by atoms with Crippen LogP contribution in [0, 0.1) is 0 Å². The maximum absolute atomic E-state index is 3.27. The highest BCUT2D eigenvalue weighted by molar-refractivity contribution is 5.94. The number of hydrogen-bond acceptors (Lipinski definition) is 1. The summed E-state index contributed by atoms with van der Waals surface area (Å²) in [6.45, 7) is 2.28. The van der Waals surface area contributed by atoms with E-state index >= 15 is 0 Å². The van der Waals surface area contributed by atoms with Gasteiger partial charge in [-0.1, -0.05) is 82.2 Å². The fraction of sp³-hybridized carbons (Fsp3) is 0.524. The summed E-state index contributed by atoms with van der Waals surface area (Å²) in [6, 6.07) is 13.4. The van der Waals surface area contributed by atoms with Crippen molar-refractivity contribution in [2.45, 2.75) is 64.7 Å². The van der Waals surface area contributed by atoms with Gasteiger partial charge < -0.3 is 5.32 Å². The lowest BCUT2D eigenvalue weighted by Crippen LogP contribution is -1.91. The zero-order chi connectivity index (χ0) is 15.6. The summed E-state index contributed by atoms with van der Waals surface area (Å²) < 4.78 is 0. The van der Waals surface area contributed by atoms with Crippen molar-refractivity contribution in [1.29, 1.82) is 0 Å². The third-order valence-corrected chi connectivity index (χ3v) is 4.53. The molecule has 0 radical (unpaired) electrons. The zero-order valence-corrected chi connectivity index (χ0v) is 14.3. The zero-order valence-electron chi connectivity index (χ0n) is 14.3. The van der Waals surface area contributed by atoms with E-state index in [2.05, 4.69) is 48.6 Å². The minimum absolute atomic E-state index is 1.22. The number of unbranched alkanes of at least 4 members (excludes halogenated alkanes) is 7. The van der Waals surface area contributed by atoms with Gasteiger partial charge in [-0.3, -0.25) is 0 Å². The van der Waals surface area contributed by atoms with E-state index in [-0.39, 0.29) is 0 Å². The molecule has 0 saturated heterocycles. The second kappa shape index (κ2) is 9.50. The van der Waals surface area contributed by atoms with E-state index in [4.69, 9.17) is 0 Å². The fourth-order valence-electron chi connectivity index (χ4n) is 3.17. The van der Waals surface area contributed by atoms with Crippen molar-refractivity contribution in [3.63, 3.8) is 0 Å². The van der Waals surface area contributed by atoms with Gasteiger partial charge >= 0.3 is 0 Å². The minimum Gasteiger partial charge on any atom is -0.388 e. The topological polar surface area (TPSA) is 12.0 Å². The quantitative estimate of drug-likeness (QED) is 0.489. The molecule has 0 aliphatic heterocycles. The lowest BCUT2D eigenvalue weighted by Gasteiger charge is -2.08. The number of anilines is 1. The molecule has 1 nitrogen and oxygen atoms in total. The SMILES string of the molecule is CCCCCCCCCCc1ccc2c(NC)cccc2c1. The van der Waals surface area contributed by atoms with Gasteiger partial charge in [-0.15, -0.1) is 0 Å². The van der Waals surface area contributed by atoms with Gasteiger partial charge in [-0.25, -0.2) is 0 Å². The molecule has 0 aromatic heterocycles. The van der Waals surface area contributed by atoms with Gasteiger partial charge in [-0.05, 0) is 29.9 Å². The van der Waals surface area contributed by atoms with Crippen molar-refractivity contribution in [3.8, 4) is 0 Å². The second-order valence-corrected chi connectivity index (χ2v) is 6.34. The van der Waals surface area contributed by atoms with Gasteiger partial charge in [-0.2, -0.15) is 0 Å². The van der Waals surface area contributed by atoms with Crippen LogP contribution in [0.2, 0.25) is 0 Å². The number of fused-ring (bicyclic) bond motifs is 1. The Kier molecular flexibility index (Phi) is 7.28. The van der Waals surface area contributed by atoms with Crippen LogP contribution in [-0.2, 0) is 6.42 Å². The van der Waals surface area contributed by atoms with Crippen LogP contribution in [0.25, 0.3) is 10.8 Å². The van der Waals surface area contributed by atoms with Crippen molar-refractivity contribution in [3.05, 3.63) is 42.0 Å². The Morgan fingerprint density at radius 1 is 0.818 bits per heavy atom. The summed E-state index contributed by atoms with van der Waals surface area (Å²) in [5.74, 6) is 0. The van der Waals surface area contributed by atoms with Gasteiger partial charge in [0.15, 0.2) is 0 Å². The van der Waals surface area contributed by atoms with Crippen LogP contribution >= 0.6 is 0 Å². The normalized spacial score (nSPS) is 11.0. The molecular weight excluding hydrogens is 266 g/mol. The van der Waals surface area contributed by atoms with Crippen molar-refractivity contribution in [2.24, 2.45) is 0 Å². The van der Waals surface area contributed by atoms with Crippen LogP contribution in [0.1, 0.15) is 63.9 Å².